The summed E-state index contributed by atoms with van der Waals surface area (Å²) in [4.78, 5) is 35.7. The first-order valence-electron chi connectivity index (χ1n) is 10.6. The Morgan fingerprint density at radius 1 is 0.964 bits per heavy atom. The Morgan fingerprint density at radius 3 is 2.25 bits per heavy atom. The Hall–Kier alpha value is -1.66. The minimum atomic E-state index is -0.0206. The van der Waals surface area contributed by atoms with Crippen LogP contribution in [0, 0.1) is 11.8 Å². The molecule has 1 aromatic heterocycles. The van der Waals surface area contributed by atoms with E-state index in [0.29, 0.717) is 11.6 Å². The number of rotatable bonds is 6. The first-order valence-corrected chi connectivity index (χ1v) is 11.0. The number of nitrogens with zero attached hydrogens (tertiary/aromatic N) is 4. The van der Waals surface area contributed by atoms with Gasteiger partial charge in [0.1, 0.15) is 5.82 Å². The molecule has 1 aliphatic carbocycles. The molecule has 7 heteroatoms. The third-order valence-electron chi connectivity index (χ3n) is 6.45. The van der Waals surface area contributed by atoms with Gasteiger partial charge in [0.25, 0.3) is 0 Å². The molecule has 2 saturated heterocycles. The van der Waals surface area contributed by atoms with E-state index in [2.05, 4.69) is 14.8 Å². The highest BCUT2D eigenvalue weighted by Gasteiger charge is 2.47. The molecule has 0 N–H and O–H groups in total. The summed E-state index contributed by atoms with van der Waals surface area (Å²) < 4.78 is 0. The third-order valence-corrected chi connectivity index (χ3v) is 6.74. The fourth-order valence-electron chi connectivity index (χ4n) is 4.85. The average molecular weight is 405 g/mol. The molecule has 2 aliphatic heterocycles. The summed E-state index contributed by atoms with van der Waals surface area (Å²) in [6, 6.07) is 3.74. The van der Waals surface area contributed by atoms with Gasteiger partial charge in [-0.15, -0.1) is 0 Å². The molecule has 2 amide bonds. The van der Waals surface area contributed by atoms with Crippen molar-refractivity contribution in [1.29, 1.82) is 0 Å². The van der Waals surface area contributed by atoms with Crippen LogP contribution in [0.25, 0.3) is 0 Å². The number of likely N-dealkylation sites (tertiary alicyclic amines) is 1. The lowest BCUT2D eigenvalue weighted by Gasteiger charge is -2.35. The fraction of sp³-hybridized carbons (Fsp3) is 0.667. The van der Waals surface area contributed by atoms with Gasteiger partial charge in [0.05, 0.1) is 16.9 Å². The lowest BCUT2D eigenvalue weighted by Crippen LogP contribution is -2.47. The third kappa shape index (κ3) is 4.03. The summed E-state index contributed by atoms with van der Waals surface area (Å²) in [5.74, 6) is 1.02. The van der Waals surface area contributed by atoms with Gasteiger partial charge in [-0.2, -0.15) is 0 Å². The summed E-state index contributed by atoms with van der Waals surface area (Å²) in [6.07, 6.45) is 7.66. The van der Waals surface area contributed by atoms with Gasteiger partial charge in [0.15, 0.2) is 0 Å². The molecule has 3 aliphatic rings. The predicted molar refractivity (Wildman–Crippen MR) is 109 cm³/mol. The summed E-state index contributed by atoms with van der Waals surface area (Å²) in [6.45, 7) is 5.41. The first kappa shape index (κ1) is 19.6. The quantitative estimate of drug-likeness (QED) is 0.539. The second-order valence-corrected chi connectivity index (χ2v) is 8.58. The highest BCUT2D eigenvalue weighted by atomic mass is 35.5. The van der Waals surface area contributed by atoms with Crippen molar-refractivity contribution in [2.45, 2.75) is 38.5 Å². The van der Waals surface area contributed by atoms with Gasteiger partial charge in [-0.1, -0.05) is 24.4 Å². The Labute approximate surface area is 171 Å². The summed E-state index contributed by atoms with van der Waals surface area (Å²) in [7, 11) is 0. The van der Waals surface area contributed by atoms with Crippen molar-refractivity contribution >= 4 is 29.2 Å². The van der Waals surface area contributed by atoms with Crippen molar-refractivity contribution in [2.75, 3.05) is 44.2 Å². The second-order valence-electron chi connectivity index (χ2n) is 8.17. The normalized spacial score (nSPS) is 26.0. The van der Waals surface area contributed by atoms with E-state index in [1.165, 1.54) is 0 Å². The number of aromatic nitrogens is 1. The topological polar surface area (TPSA) is 56.8 Å². The Bertz CT molecular complexity index is 696. The van der Waals surface area contributed by atoms with Gasteiger partial charge in [-0.05, 0) is 44.4 Å². The molecule has 2 atom stereocenters. The molecule has 0 spiro atoms. The number of anilines is 1. The summed E-state index contributed by atoms with van der Waals surface area (Å²) >= 11 is 6.25. The summed E-state index contributed by atoms with van der Waals surface area (Å²) in [5, 5.41) is 0.705. The van der Waals surface area contributed by atoms with E-state index in [0.717, 1.165) is 77.1 Å². The number of imide groups is 1. The maximum Gasteiger partial charge on any atom is 0.233 e. The summed E-state index contributed by atoms with van der Waals surface area (Å²) in [5.41, 5.74) is 0. The molecule has 3 heterocycles. The van der Waals surface area contributed by atoms with Crippen LogP contribution >= 0.6 is 11.6 Å². The van der Waals surface area contributed by atoms with Gasteiger partial charge < -0.3 is 4.90 Å². The predicted octanol–water partition coefficient (Wildman–Crippen LogP) is 2.81. The van der Waals surface area contributed by atoms with E-state index in [9.17, 15) is 9.59 Å². The van der Waals surface area contributed by atoms with Crippen molar-refractivity contribution in [1.82, 2.24) is 14.8 Å². The van der Waals surface area contributed by atoms with Crippen LogP contribution in [-0.4, -0.2) is 65.9 Å². The van der Waals surface area contributed by atoms with Crippen molar-refractivity contribution in [3.05, 3.63) is 23.4 Å². The van der Waals surface area contributed by atoms with Crippen molar-refractivity contribution in [2.24, 2.45) is 11.8 Å². The molecule has 152 valence electrons. The van der Waals surface area contributed by atoms with Crippen LogP contribution in [0.1, 0.15) is 38.5 Å². The molecule has 4 rings (SSSR count). The van der Waals surface area contributed by atoms with Crippen LogP contribution in [0.2, 0.25) is 5.02 Å². The van der Waals surface area contributed by atoms with E-state index in [1.807, 2.05) is 12.1 Å². The number of pyridine rings is 1. The number of piperazine rings is 1. The minimum absolute atomic E-state index is 0.0206. The number of fused-ring (bicyclic) bond motifs is 1. The lowest BCUT2D eigenvalue weighted by atomic mass is 9.81. The van der Waals surface area contributed by atoms with E-state index in [4.69, 9.17) is 11.6 Å². The van der Waals surface area contributed by atoms with Crippen molar-refractivity contribution in [3.8, 4) is 0 Å². The van der Waals surface area contributed by atoms with Gasteiger partial charge in [-0.3, -0.25) is 19.4 Å². The zero-order chi connectivity index (χ0) is 19.5. The zero-order valence-corrected chi connectivity index (χ0v) is 17.1. The van der Waals surface area contributed by atoms with E-state index < -0.39 is 0 Å². The monoisotopic (exact) mass is 404 g/mol. The average Bonchev–Trinajstić information content (AvgIpc) is 2.97. The molecule has 0 bridgehead atoms. The maximum atomic E-state index is 12.5. The van der Waals surface area contributed by atoms with Crippen molar-refractivity contribution in [3.63, 3.8) is 0 Å². The van der Waals surface area contributed by atoms with Crippen LogP contribution in [0.15, 0.2) is 18.3 Å². The second kappa shape index (κ2) is 8.78. The zero-order valence-electron chi connectivity index (χ0n) is 16.4. The van der Waals surface area contributed by atoms with Gasteiger partial charge in [-0.25, -0.2) is 4.98 Å². The molecule has 6 nitrogen and oxygen atoms in total. The number of halogens is 1. The van der Waals surface area contributed by atoms with Crippen molar-refractivity contribution < 1.29 is 9.59 Å². The van der Waals surface area contributed by atoms with E-state index in [-0.39, 0.29) is 23.7 Å². The number of carbonyl (C=O) groups is 2. The Balaban J connectivity index is 1.18. The lowest BCUT2D eigenvalue weighted by molar-refractivity contribution is -0.140. The molecular weight excluding hydrogens is 376 g/mol. The fourth-order valence-corrected chi connectivity index (χ4v) is 5.09. The number of hydrogen-bond acceptors (Lipinski definition) is 5. The molecule has 28 heavy (non-hydrogen) atoms. The highest BCUT2D eigenvalue weighted by Crippen LogP contribution is 2.38. The van der Waals surface area contributed by atoms with Gasteiger partial charge in [0.2, 0.25) is 11.8 Å². The molecular formula is C21H29ClN4O2. The van der Waals surface area contributed by atoms with E-state index >= 15 is 0 Å². The van der Waals surface area contributed by atoms with Crippen LogP contribution in [0.4, 0.5) is 5.82 Å². The molecule has 1 aromatic rings. The van der Waals surface area contributed by atoms with E-state index in [1.54, 1.807) is 11.1 Å². The Morgan fingerprint density at radius 2 is 1.61 bits per heavy atom. The first-order chi connectivity index (χ1) is 13.6. The number of carbonyl (C=O) groups excluding carboxylic acids is 2. The molecule has 0 aromatic carbocycles. The minimum Gasteiger partial charge on any atom is -0.353 e. The number of unbranched alkanes of at least 4 members (excludes halogenated alkanes) is 1. The maximum absolute atomic E-state index is 12.5. The molecule has 3 fully saturated rings. The largest absolute Gasteiger partial charge is 0.353 e. The van der Waals surface area contributed by atoms with Crippen LogP contribution in [0.5, 0.6) is 0 Å². The highest BCUT2D eigenvalue weighted by molar-refractivity contribution is 6.32. The molecule has 2 unspecified atom stereocenters. The van der Waals surface area contributed by atoms with Crippen LogP contribution in [0.3, 0.4) is 0 Å². The SMILES string of the molecule is O=C1C2CCCCC2C(=O)N1CCCCN1CCN(c2ncccc2Cl)CC1. The smallest absolute Gasteiger partial charge is 0.233 e. The number of amides is 2. The van der Waals surface area contributed by atoms with Gasteiger partial charge >= 0.3 is 0 Å². The van der Waals surface area contributed by atoms with Crippen LogP contribution in [-0.2, 0) is 9.59 Å². The molecule has 1 saturated carbocycles. The standard InChI is InChI=1S/C21H29ClN4O2/c22-18-8-5-9-23-19(18)25-14-12-24(13-15-25)10-3-4-11-26-20(27)16-6-1-2-7-17(16)21(26)28/h5,8-9,16-17H,1-4,6-7,10-15H2. The van der Waals surface area contributed by atoms with Crippen LogP contribution < -0.4 is 4.90 Å². The van der Waals surface area contributed by atoms with Gasteiger partial charge in [0, 0.05) is 38.9 Å². The molecule has 0 radical (unpaired) electrons. The number of hydrogen-bond donors (Lipinski definition) is 0. The Kier molecular flexibility index (Phi) is 6.16.